The summed E-state index contributed by atoms with van der Waals surface area (Å²) >= 11 is 0. The lowest BCUT2D eigenvalue weighted by atomic mass is 10.1. The van der Waals surface area contributed by atoms with E-state index < -0.39 is 16.0 Å². The van der Waals surface area contributed by atoms with Crippen LogP contribution in [0.2, 0.25) is 0 Å². The molecule has 1 aromatic carbocycles. The van der Waals surface area contributed by atoms with Gasteiger partial charge in [-0.3, -0.25) is 9.52 Å². The summed E-state index contributed by atoms with van der Waals surface area (Å²) in [6.07, 6.45) is 3.76. The Morgan fingerprint density at radius 1 is 1.12 bits per heavy atom. The van der Waals surface area contributed by atoms with Gasteiger partial charge in [-0.05, 0) is 48.6 Å². The number of anilines is 1. The zero-order chi connectivity index (χ0) is 17.7. The fourth-order valence-electron chi connectivity index (χ4n) is 1.82. The van der Waals surface area contributed by atoms with Crippen LogP contribution in [0.25, 0.3) is 6.08 Å². The van der Waals surface area contributed by atoms with Crippen molar-refractivity contribution in [3.63, 3.8) is 0 Å². The number of hydrogen-bond acceptors (Lipinski definition) is 6. The summed E-state index contributed by atoms with van der Waals surface area (Å²) in [4.78, 5) is 23.3. The third-order valence-electron chi connectivity index (χ3n) is 2.89. The number of benzene rings is 1. The number of ketones is 1. The topological polar surface area (TPSA) is 103 Å². The molecule has 0 bridgehead atoms. The van der Waals surface area contributed by atoms with Gasteiger partial charge in [0.25, 0.3) is 0 Å². The number of nitrogens with one attached hydrogen (secondary N) is 1. The van der Waals surface area contributed by atoms with Crippen molar-refractivity contribution in [3.8, 4) is 0 Å². The largest absolute Gasteiger partial charge is 0.463 e. The Balaban J connectivity index is 2.06. The van der Waals surface area contributed by atoms with Crippen LogP contribution in [-0.2, 0) is 14.8 Å². The smallest absolute Gasteiger partial charge is 0.373 e. The number of methoxy groups -OCH3 is 1. The lowest BCUT2D eigenvalue weighted by Crippen LogP contribution is -2.09. The number of hydrogen-bond donors (Lipinski definition) is 1. The van der Waals surface area contributed by atoms with Crippen molar-refractivity contribution >= 4 is 33.5 Å². The number of carbonyl (C=O) groups is 2. The van der Waals surface area contributed by atoms with E-state index in [2.05, 4.69) is 9.46 Å². The number of esters is 1. The average Bonchev–Trinajstić information content (AvgIpc) is 3.00. The number of ether oxygens (including phenoxy) is 1. The molecular formula is C16H15NO6S. The van der Waals surface area contributed by atoms with E-state index in [1.54, 1.807) is 0 Å². The molecule has 0 saturated heterocycles. The van der Waals surface area contributed by atoms with Crippen LogP contribution in [0.4, 0.5) is 5.69 Å². The molecule has 24 heavy (non-hydrogen) atoms. The highest BCUT2D eigenvalue weighted by Crippen LogP contribution is 2.14. The first-order valence-corrected chi connectivity index (χ1v) is 8.66. The Bertz CT molecular complexity index is 878. The summed E-state index contributed by atoms with van der Waals surface area (Å²) < 4.78 is 34.3. The predicted molar refractivity (Wildman–Crippen MR) is 88.3 cm³/mol. The first-order chi connectivity index (χ1) is 11.3. The average molecular weight is 349 g/mol. The van der Waals surface area contributed by atoms with Crippen molar-refractivity contribution in [1.29, 1.82) is 0 Å². The lowest BCUT2D eigenvalue weighted by molar-refractivity contribution is 0.0564. The zero-order valence-corrected chi connectivity index (χ0v) is 13.8. The van der Waals surface area contributed by atoms with Gasteiger partial charge >= 0.3 is 5.97 Å². The second-order valence-electron chi connectivity index (χ2n) is 4.84. The maximum absolute atomic E-state index is 12.1. The van der Waals surface area contributed by atoms with Gasteiger partial charge in [0, 0.05) is 11.3 Å². The Kier molecular flexibility index (Phi) is 5.20. The van der Waals surface area contributed by atoms with E-state index in [4.69, 9.17) is 4.42 Å². The van der Waals surface area contributed by atoms with Crippen LogP contribution in [0, 0.1) is 0 Å². The van der Waals surface area contributed by atoms with Gasteiger partial charge in [-0.15, -0.1) is 0 Å². The molecule has 0 radical (unpaired) electrons. The molecule has 0 fully saturated rings. The Hall–Kier alpha value is -2.87. The minimum atomic E-state index is -3.36. The Morgan fingerprint density at radius 2 is 1.79 bits per heavy atom. The van der Waals surface area contributed by atoms with Crippen LogP contribution in [0.5, 0.6) is 0 Å². The molecule has 0 unspecified atom stereocenters. The molecule has 0 atom stereocenters. The van der Waals surface area contributed by atoms with Crippen LogP contribution in [0.15, 0.2) is 46.9 Å². The molecule has 7 nitrogen and oxygen atoms in total. The minimum absolute atomic E-state index is 0.0424. The van der Waals surface area contributed by atoms with Gasteiger partial charge < -0.3 is 9.15 Å². The molecule has 0 amide bonds. The van der Waals surface area contributed by atoms with E-state index >= 15 is 0 Å². The number of rotatable bonds is 6. The molecule has 2 aromatic rings. The van der Waals surface area contributed by atoms with E-state index in [1.165, 1.54) is 55.7 Å². The highest BCUT2D eigenvalue weighted by atomic mass is 32.2. The quantitative estimate of drug-likeness (QED) is 0.488. The number of allylic oxidation sites excluding steroid dienone is 1. The van der Waals surface area contributed by atoms with Gasteiger partial charge in [0.2, 0.25) is 15.8 Å². The van der Waals surface area contributed by atoms with Gasteiger partial charge in [-0.1, -0.05) is 0 Å². The maximum Gasteiger partial charge on any atom is 0.373 e. The zero-order valence-electron chi connectivity index (χ0n) is 13.0. The number of furan rings is 1. The molecule has 0 aliphatic carbocycles. The second kappa shape index (κ2) is 7.14. The Morgan fingerprint density at radius 3 is 2.38 bits per heavy atom. The van der Waals surface area contributed by atoms with Crippen molar-refractivity contribution < 1.29 is 27.2 Å². The number of carbonyl (C=O) groups excluding carboxylic acids is 2. The van der Waals surface area contributed by atoms with E-state index in [9.17, 15) is 18.0 Å². The standard InChI is InChI=1S/C16H15NO6S/c1-22-16(19)15-10-8-13(23-15)7-9-14(18)11-3-5-12(6-4-11)17-24(2,20)21/h3-10,17H,1-2H3/b9-7-. The van der Waals surface area contributed by atoms with E-state index in [1.807, 2.05) is 0 Å². The predicted octanol–water partition coefficient (Wildman–Crippen LogP) is 2.33. The van der Waals surface area contributed by atoms with Gasteiger partial charge in [-0.2, -0.15) is 0 Å². The summed E-state index contributed by atoms with van der Waals surface area (Å²) in [6, 6.07) is 8.97. The first-order valence-electron chi connectivity index (χ1n) is 6.77. The highest BCUT2D eigenvalue weighted by Gasteiger charge is 2.10. The monoisotopic (exact) mass is 349 g/mol. The molecule has 0 saturated carbocycles. The SMILES string of the molecule is COC(=O)c1ccc(/C=C\C(=O)c2ccc(NS(C)(=O)=O)cc2)o1. The molecular weight excluding hydrogens is 334 g/mol. The summed E-state index contributed by atoms with van der Waals surface area (Å²) in [7, 11) is -2.12. The number of sulfonamides is 1. The summed E-state index contributed by atoms with van der Waals surface area (Å²) in [5.74, 6) is -0.522. The fourth-order valence-corrected chi connectivity index (χ4v) is 2.39. The molecule has 8 heteroatoms. The lowest BCUT2D eigenvalue weighted by Gasteiger charge is -2.03. The molecule has 0 aliphatic heterocycles. The maximum atomic E-state index is 12.1. The normalized spacial score (nSPS) is 11.4. The molecule has 1 N–H and O–H groups in total. The van der Waals surface area contributed by atoms with Gasteiger partial charge in [0.15, 0.2) is 5.78 Å². The van der Waals surface area contributed by atoms with Crippen molar-refractivity contribution in [2.45, 2.75) is 0 Å². The highest BCUT2D eigenvalue weighted by molar-refractivity contribution is 7.92. The molecule has 0 aliphatic rings. The molecule has 1 aromatic heterocycles. The van der Waals surface area contributed by atoms with Crippen LogP contribution < -0.4 is 4.72 Å². The van der Waals surface area contributed by atoms with Crippen LogP contribution in [0.3, 0.4) is 0 Å². The molecule has 126 valence electrons. The third-order valence-corrected chi connectivity index (χ3v) is 3.49. The minimum Gasteiger partial charge on any atom is -0.463 e. The van der Waals surface area contributed by atoms with Gasteiger partial charge in [0.05, 0.1) is 13.4 Å². The summed E-state index contributed by atoms with van der Waals surface area (Å²) in [6.45, 7) is 0. The van der Waals surface area contributed by atoms with Crippen LogP contribution in [-0.4, -0.2) is 33.5 Å². The Labute approximate surface area is 139 Å². The fraction of sp³-hybridized carbons (Fsp3) is 0.125. The first kappa shape index (κ1) is 17.5. The van der Waals surface area contributed by atoms with Crippen molar-refractivity contribution in [1.82, 2.24) is 0 Å². The van der Waals surface area contributed by atoms with Crippen molar-refractivity contribution in [3.05, 3.63) is 59.6 Å². The second-order valence-corrected chi connectivity index (χ2v) is 6.59. The summed E-state index contributed by atoms with van der Waals surface area (Å²) in [5.41, 5.74) is 0.747. The van der Waals surface area contributed by atoms with Crippen molar-refractivity contribution in [2.24, 2.45) is 0 Å². The molecule has 2 rings (SSSR count). The van der Waals surface area contributed by atoms with Crippen molar-refractivity contribution in [2.75, 3.05) is 18.1 Å². The molecule has 1 heterocycles. The van der Waals surface area contributed by atoms with Gasteiger partial charge in [-0.25, -0.2) is 13.2 Å². The van der Waals surface area contributed by atoms with E-state index in [0.29, 0.717) is 17.0 Å². The third kappa shape index (κ3) is 4.82. The van der Waals surface area contributed by atoms with Gasteiger partial charge in [0.1, 0.15) is 5.76 Å². The summed E-state index contributed by atoms with van der Waals surface area (Å²) in [5, 5.41) is 0. The molecule has 0 spiro atoms. The van der Waals surface area contributed by atoms with E-state index in [0.717, 1.165) is 6.26 Å². The van der Waals surface area contributed by atoms with Crippen LogP contribution in [0.1, 0.15) is 26.7 Å². The van der Waals surface area contributed by atoms with Crippen LogP contribution >= 0.6 is 0 Å². The van der Waals surface area contributed by atoms with E-state index in [-0.39, 0.29) is 11.5 Å².